The number of amides is 1. The largest absolute Gasteiger partial charge is 0.462 e. The first-order chi connectivity index (χ1) is 12.7. The first-order valence-electron chi connectivity index (χ1n) is 8.01. The summed E-state index contributed by atoms with van der Waals surface area (Å²) in [5, 5.41) is 2.54. The van der Waals surface area contributed by atoms with Gasteiger partial charge in [0.1, 0.15) is 12.4 Å². The van der Waals surface area contributed by atoms with Crippen molar-refractivity contribution in [3.63, 3.8) is 0 Å². The lowest BCUT2D eigenvalue weighted by atomic mass is 10.2. The number of rotatable bonds is 7. The van der Waals surface area contributed by atoms with Crippen LogP contribution in [0.2, 0.25) is 0 Å². The van der Waals surface area contributed by atoms with Gasteiger partial charge in [0.15, 0.2) is 0 Å². The molecule has 0 atom stereocenters. The fourth-order valence-electron chi connectivity index (χ4n) is 2.28. The smallest absolute Gasteiger partial charge is 0.338 e. The molecule has 0 aliphatic heterocycles. The van der Waals surface area contributed by atoms with Gasteiger partial charge >= 0.3 is 5.97 Å². The number of anilines is 2. The van der Waals surface area contributed by atoms with E-state index in [0.29, 0.717) is 5.69 Å². The number of hydrogen-bond donors (Lipinski definition) is 1. The molecule has 0 aliphatic carbocycles. The van der Waals surface area contributed by atoms with E-state index in [1.54, 1.807) is 19.1 Å². The van der Waals surface area contributed by atoms with Crippen LogP contribution in [-0.2, 0) is 19.6 Å². The molecule has 0 aromatic heterocycles. The molecule has 0 bridgehead atoms. The zero-order valence-corrected chi connectivity index (χ0v) is 15.6. The average molecular weight is 394 g/mol. The van der Waals surface area contributed by atoms with E-state index in [1.807, 2.05) is 0 Å². The zero-order valence-electron chi connectivity index (χ0n) is 14.8. The van der Waals surface area contributed by atoms with Crippen LogP contribution >= 0.6 is 0 Å². The van der Waals surface area contributed by atoms with Crippen LogP contribution in [0.5, 0.6) is 0 Å². The Morgan fingerprint density at radius 2 is 1.81 bits per heavy atom. The summed E-state index contributed by atoms with van der Waals surface area (Å²) in [6.45, 7) is 1.39. The van der Waals surface area contributed by atoms with Crippen molar-refractivity contribution < 1.29 is 27.1 Å². The highest BCUT2D eigenvalue weighted by Gasteiger charge is 2.21. The van der Waals surface area contributed by atoms with Crippen LogP contribution in [0.25, 0.3) is 0 Å². The van der Waals surface area contributed by atoms with Crippen LogP contribution in [0.15, 0.2) is 48.5 Å². The third kappa shape index (κ3) is 5.78. The zero-order chi connectivity index (χ0) is 20.0. The van der Waals surface area contributed by atoms with Crippen molar-refractivity contribution in [2.24, 2.45) is 0 Å². The fraction of sp³-hybridized carbons (Fsp3) is 0.222. The molecular formula is C18H19FN2O5S. The van der Waals surface area contributed by atoms with E-state index in [9.17, 15) is 22.4 Å². The number of carbonyl (C=O) groups is 2. The number of nitrogens with one attached hydrogen (secondary N) is 1. The van der Waals surface area contributed by atoms with Crippen molar-refractivity contribution in [1.82, 2.24) is 0 Å². The summed E-state index contributed by atoms with van der Waals surface area (Å²) in [5.74, 6) is -1.67. The Morgan fingerprint density at radius 3 is 2.41 bits per heavy atom. The van der Waals surface area contributed by atoms with E-state index in [1.165, 1.54) is 24.3 Å². The van der Waals surface area contributed by atoms with Crippen molar-refractivity contribution in [3.05, 3.63) is 59.9 Å². The number of carbonyl (C=O) groups excluding carboxylic acids is 2. The molecule has 0 spiro atoms. The van der Waals surface area contributed by atoms with Gasteiger partial charge in [-0.2, -0.15) is 0 Å². The summed E-state index contributed by atoms with van der Waals surface area (Å²) in [6.07, 6.45) is 0.949. The highest BCUT2D eigenvalue weighted by Crippen LogP contribution is 2.18. The van der Waals surface area contributed by atoms with Gasteiger partial charge < -0.3 is 10.1 Å². The van der Waals surface area contributed by atoms with Gasteiger partial charge in [0.2, 0.25) is 15.9 Å². The Bertz CT molecular complexity index is 929. The Balaban J connectivity index is 2.16. The molecule has 9 heteroatoms. The normalized spacial score (nSPS) is 10.9. The number of esters is 1. The number of hydrogen-bond acceptors (Lipinski definition) is 5. The van der Waals surface area contributed by atoms with Crippen LogP contribution in [0.4, 0.5) is 15.8 Å². The number of ether oxygens (including phenoxy) is 1. The van der Waals surface area contributed by atoms with Crippen LogP contribution in [0.3, 0.4) is 0 Å². The molecule has 0 aliphatic rings. The molecule has 1 N–H and O–H groups in total. The number of benzene rings is 2. The van der Waals surface area contributed by atoms with E-state index in [-0.39, 0.29) is 17.9 Å². The minimum absolute atomic E-state index is 0.161. The Hall–Kier alpha value is -2.94. The van der Waals surface area contributed by atoms with Gasteiger partial charge in [-0.1, -0.05) is 6.07 Å². The highest BCUT2D eigenvalue weighted by molar-refractivity contribution is 7.92. The van der Waals surface area contributed by atoms with Gasteiger partial charge in [-0.3, -0.25) is 9.10 Å². The lowest BCUT2D eigenvalue weighted by Gasteiger charge is -2.21. The van der Waals surface area contributed by atoms with Crippen LogP contribution in [-0.4, -0.2) is 39.7 Å². The van der Waals surface area contributed by atoms with Crippen LogP contribution in [0, 0.1) is 5.82 Å². The summed E-state index contributed by atoms with van der Waals surface area (Å²) in [7, 11) is -3.77. The van der Waals surface area contributed by atoms with E-state index in [2.05, 4.69) is 5.32 Å². The molecule has 7 nitrogen and oxygen atoms in total. The summed E-state index contributed by atoms with van der Waals surface area (Å²) in [6, 6.07) is 10.8. The number of nitrogens with zero attached hydrogens (tertiary/aromatic N) is 1. The average Bonchev–Trinajstić information content (AvgIpc) is 2.60. The van der Waals surface area contributed by atoms with Gasteiger partial charge in [-0.05, 0) is 49.4 Å². The van der Waals surface area contributed by atoms with Crippen LogP contribution < -0.4 is 9.62 Å². The predicted octanol–water partition coefficient (Wildman–Crippen LogP) is 2.41. The van der Waals surface area contributed by atoms with Gasteiger partial charge in [-0.25, -0.2) is 17.6 Å². The molecule has 0 fully saturated rings. The molecule has 2 aromatic rings. The molecule has 27 heavy (non-hydrogen) atoms. The molecule has 0 radical (unpaired) electrons. The second kappa shape index (κ2) is 8.63. The predicted molar refractivity (Wildman–Crippen MR) is 99.6 cm³/mol. The van der Waals surface area contributed by atoms with Gasteiger partial charge in [0.25, 0.3) is 0 Å². The molecule has 0 heterocycles. The first kappa shape index (κ1) is 20.4. The summed E-state index contributed by atoms with van der Waals surface area (Å²) in [5.41, 5.74) is 0.737. The SMILES string of the molecule is CCOC(=O)c1cccc(NC(=O)CN(c2ccc(F)cc2)S(C)(=O)=O)c1. The Kier molecular flexibility index (Phi) is 6.51. The quantitative estimate of drug-likeness (QED) is 0.728. The second-order valence-corrected chi connectivity index (χ2v) is 7.50. The lowest BCUT2D eigenvalue weighted by Crippen LogP contribution is -2.37. The second-order valence-electron chi connectivity index (χ2n) is 5.60. The summed E-state index contributed by atoms with van der Waals surface area (Å²) < 4.78 is 42.8. The van der Waals surface area contributed by atoms with Gasteiger partial charge in [0, 0.05) is 5.69 Å². The molecule has 2 aromatic carbocycles. The minimum Gasteiger partial charge on any atom is -0.462 e. The maximum absolute atomic E-state index is 13.1. The maximum Gasteiger partial charge on any atom is 0.338 e. The van der Waals surface area contributed by atoms with E-state index in [4.69, 9.17) is 4.74 Å². The molecule has 0 unspecified atom stereocenters. The van der Waals surface area contributed by atoms with Crippen molar-refractivity contribution in [3.8, 4) is 0 Å². The fourth-order valence-corrected chi connectivity index (χ4v) is 3.13. The van der Waals surface area contributed by atoms with E-state index >= 15 is 0 Å². The Labute approximate surface area is 156 Å². The number of sulfonamides is 1. The monoisotopic (exact) mass is 394 g/mol. The van der Waals surface area contributed by atoms with Crippen molar-refractivity contribution in [2.45, 2.75) is 6.92 Å². The van der Waals surface area contributed by atoms with E-state index < -0.39 is 34.3 Å². The van der Waals surface area contributed by atoms with Crippen LogP contribution in [0.1, 0.15) is 17.3 Å². The van der Waals surface area contributed by atoms with Gasteiger partial charge in [-0.15, -0.1) is 0 Å². The molecule has 0 saturated carbocycles. The first-order valence-corrected chi connectivity index (χ1v) is 9.86. The van der Waals surface area contributed by atoms with Crippen molar-refractivity contribution in [1.29, 1.82) is 0 Å². The molecule has 2 rings (SSSR count). The Morgan fingerprint density at radius 1 is 1.15 bits per heavy atom. The molecule has 1 amide bonds. The lowest BCUT2D eigenvalue weighted by molar-refractivity contribution is -0.114. The summed E-state index contributed by atoms with van der Waals surface area (Å²) in [4.78, 5) is 24.1. The topological polar surface area (TPSA) is 92.8 Å². The summed E-state index contributed by atoms with van der Waals surface area (Å²) >= 11 is 0. The van der Waals surface area contributed by atoms with Crippen molar-refractivity contribution >= 4 is 33.3 Å². The maximum atomic E-state index is 13.1. The molecule has 144 valence electrons. The van der Waals surface area contributed by atoms with Gasteiger partial charge in [0.05, 0.1) is 24.1 Å². The molecular weight excluding hydrogens is 375 g/mol. The minimum atomic E-state index is -3.77. The van der Waals surface area contributed by atoms with E-state index in [0.717, 1.165) is 22.7 Å². The third-order valence-corrected chi connectivity index (χ3v) is 4.60. The highest BCUT2D eigenvalue weighted by atomic mass is 32.2. The standard InChI is InChI=1S/C18H19FN2O5S/c1-3-26-18(23)13-5-4-6-15(11-13)20-17(22)12-21(27(2,24)25)16-9-7-14(19)8-10-16/h4-11H,3,12H2,1-2H3,(H,20,22). The third-order valence-electron chi connectivity index (χ3n) is 3.46. The molecule has 0 saturated heterocycles. The number of halogens is 1. The van der Waals surface area contributed by atoms with Crippen molar-refractivity contribution in [2.75, 3.05) is 29.0 Å².